The van der Waals surface area contributed by atoms with Crippen molar-refractivity contribution in [3.8, 4) is 0 Å². The van der Waals surface area contributed by atoms with E-state index in [0.717, 1.165) is 0 Å². The Morgan fingerprint density at radius 2 is 2.14 bits per heavy atom. The number of carbonyl (C=O) groups excluding carboxylic acids is 1. The highest BCUT2D eigenvalue weighted by atomic mass is 35.5. The van der Waals surface area contributed by atoms with E-state index >= 15 is 0 Å². The third kappa shape index (κ3) is 2.78. The Bertz CT molecular complexity index is 890. The van der Waals surface area contributed by atoms with Crippen LogP contribution in [0.15, 0.2) is 34.3 Å². The molecule has 1 aromatic carbocycles. The summed E-state index contributed by atoms with van der Waals surface area (Å²) in [5.74, 6) is -0.453. The number of hydrogen-bond donors (Lipinski definition) is 2. The average molecular weight is 340 g/mol. The van der Waals surface area contributed by atoms with Gasteiger partial charge < -0.3 is 9.73 Å². The van der Waals surface area contributed by atoms with E-state index in [2.05, 4.69) is 10.3 Å². The van der Waals surface area contributed by atoms with E-state index in [-0.39, 0.29) is 11.1 Å². The Morgan fingerprint density at radius 3 is 2.86 bits per heavy atom. The van der Waals surface area contributed by atoms with Crippen LogP contribution in [0.4, 0.5) is 5.00 Å². The second-order valence-electron chi connectivity index (χ2n) is 4.11. The summed E-state index contributed by atoms with van der Waals surface area (Å²) < 4.78 is 5.32. The highest BCUT2D eigenvalue weighted by Crippen LogP contribution is 2.27. The van der Waals surface area contributed by atoms with Gasteiger partial charge in [-0.25, -0.2) is 0 Å². The second-order valence-corrected chi connectivity index (χ2v) is 5.84. The standard InChI is InChI=1S/C13H7Cl2N3O2S/c14-7-1-6-2-8(12(16)20-11(6)9(15)3-7)13(19)18-10-4-17-5-21-10/h1-5,16H,(H,18,19). The number of nitrogens with zero attached hydrogens (tertiary/aromatic N) is 1. The summed E-state index contributed by atoms with van der Waals surface area (Å²) in [6.07, 6.45) is 1.53. The van der Waals surface area contributed by atoms with Crippen molar-refractivity contribution >= 4 is 56.4 Å². The Hall–Kier alpha value is -1.89. The number of benzene rings is 1. The van der Waals surface area contributed by atoms with Crippen LogP contribution in [0.25, 0.3) is 11.0 Å². The zero-order valence-electron chi connectivity index (χ0n) is 10.3. The molecule has 0 unspecified atom stereocenters. The Balaban J connectivity index is 2.08. The molecule has 0 aliphatic heterocycles. The van der Waals surface area contributed by atoms with Gasteiger partial charge in [0.25, 0.3) is 5.91 Å². The van der Waals surface area contributed by atoms with E-state index in [1.807, 2.05) is 0 Å². The molecular formula is C13H7Cl2N3O2S. The summed E-state index contributed by atoms with van der Waals surface area (Å²) in [5, 5.41) is 12.3. The lowest BCUT2D eigenvalue weighted by atomic mass is 10.1. The maximum absolute atomic E-state index is 12.2. The number of amides is 1. The van der Waals surface area contributed by atoms with E-state index < -0.39 is 5.91 Å². The maximum Gasteiger partial charge on any atom is 0.261 e. The summed E-state index contributed by atoms with van der Waals surface area (Å²) in [5.41, 5.74) is 1.74. The first-order valence-corrected chi connectivity index (χ1v) is 7.35. The zero-order valence-corrected chi connectivity index (χ0v) is 12.6. The quantitative estimate of drug-likeness (QED) is 0.742. The van der Waals surface area contributed by atoms with Crippen LogP contribution in [0, 0.1) is 5.41 Å². The number of hydrogen-bond acceptors (Lipinski definition) is 5. The first kappa shape index (κ1) is 14.1. The van der Waals surface area contributed by atoms with Crippen molar-refractivity contribution in [2.75, 3.05) is 5.32 Å². The number of carbonyl (C=O) groups is 1. The minimum absolute atomic E-state index is 0.0919. The number of halogens is 2. The van der Waals surface area contributed by atoms with Gasteiger partial charge in [0.2, 0.25) is 5.55 Å². The lowest BCUT2D eigenvalue weighted by Gasteiger charge is -2.05. The molecule has 0 aliphatic carbocycles. The highest BCUT2D eigenvalue weighted by Gasteiger charge is 2.14. The van der Waals surface area contributed by atoms with Crippen molar-refractivity contribution in [1.29, 1.82) is 5.41 Å². The molecule has 0 saturated heterocycles. The van der Waals surface area contributed by atoms with Crippen LogP contribution >= 0.6 is 34.5 Å². The largest absolute Gasteiger partial charge is 0.437 e. The van der Waals surface area contributed by atoms with Crippen molar-refractivity contribution in [1.82, 2.24) is 4.98 Å². The molecule has 3 aromatic rings. The number of nitrogens with one attached hydrogen (secondary N) is 2. The van der Waals surface area contributed by atoms with E-state index in [1.54, 1.807) is 11.6 Å². The van der Waals surface area contributed by atoms with Crippen molar-refractivity contribution in [3.05, 3.63) is 51.1 Å². The molecule has 0 aliphatic rings. The molecule has 8 heteroatoms. The van der Waals surface area contributed by atoms with Gasteiger partial charge in [-0.3, -0.25) is 15.2 Å². The zero-order chi connectivity index (χ0) is 15.0. The molecule has 0 spiro atoms. The molecule has 2 aromatic heterocycles. The number of anilines is 1. The number of rotatable bonds is 2. The maximum atomic E-state index is 12.2. The average Bonchev–Trinajstić information content (AvgIpc) is 2.91. The summed E-state index contributed by atoms with van der Waals surface area (Å²) in [7, 11) is 0. The highest BCUT2D eigenvalue weighted by molar-refractivity contribution is 7.14. The molecule has 0 bridgehead atoms. The molecule has 106 valence electrons. The molecule has 2 heterocycles. The van der Waals surface area contributed by atoms with Gasteiger partial charge in [-0.15, -0.1) is 11.3 Å². The molecule has 2 N–H and O–H groups in total. The Kier molecular flexibility index (Phi) is 3.67. The third-order valence-electron chi connectivity index (χ3n) is 2.70. The molecule has 3 rings (SSSR count). The predicted molar refractivity (Wildman–Crippen MR) is 82.2 cm³/mol. The van der Waals surface area contributed by atoms with Gasteiger partial charge in [-0.2, -0.15) is 0 Å². The molecule has 21 heavy (non-hydrogen) atoms. The third-order valence-corrected chi connectivity index (χ3v) is 3.89. The van der Waals surface area contributed by atoms with Crippen molar-refractivity contribution in [2.45, 2.75) is 0 Å². The SMILES string of the molecule is N=c1oc2c(Cl)cc(Cl)cc2cc1C(=O)Nc1cncs1. The smallest absolute Gasteiger partial charge is 0.261 e. The van der Waals surface area contributed by atoms with Gasteiger partial charge >= 0.3 is 0 Å². The Morgan fingerprint density at radius 1 is 1.33 bits per heavy atom. The first-order chi connectivity index (χ1) is 10.0. The van der Waals surface area contributed by atoms with Crippen LogP contribution in [-0.4, -0.2) is 10.9 Å². The fourth-order valence-electron chi connectivity index (χ4n) is 1.80. The van der Waals surface area contributed by atoms with Gasteiger partial charge in [0.1, 0.15) is 10.6 Å². The van der Waals surface area contributed by atoms with E-state index in [1.165, 1.54) is 29.7 Å². The normalized spacial score (nSPS) is 10.8. The van der Waals surface area contributed by atoms with Gasteiger partial charge in [0.15, 0.2) is 5.58 Å². The van der Waals surface area contributed by atoms with Gasteiger partial charge in [-0.05, 0) is 18.2 Å². The van der Waals surface area contributed by atoms with Gasteiger partial charge in [0.05, 0.1) is 16.7 Å². The minimum Gasteiger partial charge on any atom is -0.437 e. The minimum atomic E-state index is -0.453. The molecule has 0 radical (unpaired) electrons. The molecule has 5 nitrogen and oxygen atoms in total. The monoisotopic (exact) mass is 339 g/mol. The lowest BCUT2D eigenvalue weighted by Crippen LogP contribution is -2.20. The van der Waals surface area contributed by atoms with E-state index in [9.17, 15) is 4.79 Å². The van der Waals surface area contributed by atoms with Crippen LogP contribution in [0.2, 0.25) is 10.0 Å². The predicted octanol–water partition coefficient (Wildman–Crippen LogP) is 3.93. The number of aromatic nitrogens is 1. The van der Waals surface area contributed by atoms with Crippen LogP contribution < -0.4 is 10.9 Å². The molecule has 1 amide bonds. The lowest BCUT2D eigenvalue weighted by molar-refractivity contribution is 0.102. The van der Waals surface area contributed by atoms with Gasteiger partial charge in [0, 0.05) is 10.4 Å². The summed E-state index contributed by atoms with van der Waals surface area (Å²) in [6, 6.07) is 4.66. The molecule has 0 fully saturated rings. The summed E-state index contributed by atoms with van der Waals surface area (Å²) in [4.78, 5) is 16.0. The fourth-order valence-corrected chi connectivity index (χ4v) is 2.85. The van der Waals surface area contributed by atoms with Crippen LogP contribution in [0.3, 0.4) is 0 Å². The van der Waals surface area contributed by atoms with Crippen molar-refractivity contribution < 1.29 is 9.21 Å². The number of fused-ring (bicyclic) bond motifs is 1. The van der Waals surface area contributed by atoms with Gasteiger partial charge in [-0.1, -0.05) is 23.2 Å². The van der Waals surface area contributed by atoms with Crippen LogP contribution in [0.5, 0.6) is 0 Å². The van der Waals surface area contributed by atoms with Crippen molar-refractivity contribution in [3.63, 3.8) is 0 Å². The summed E-state index contributed by atoms with van der Waals surface area (Å²) >= 11 is 13.2. The van der Waals surface area contributed by atoms with E-state index in [0.29, 0.717) is 26.0 Å². The summed E-state index contributed by atoms with van der Waals surface area (Å²) in [6.45, 7) is 0. The first-order valence-electron chi connectivity index (χ1n) is 5.72. The molecule has 0 atom stereocenters. The molecular weight excluding hydrogens is 333 g/mol. The number of thiazole rings is 1. The van der Waals surface area contributed by atoms with Crippen LogP contribution in [0.1, 0.15) is 10.4 Å². The van der Waals surface area contributed by atoms with Crippen LogP contribution in [-0.2, 0) is 0 Å². The molecule has 0 saturated carbocycles. The fraction of sp³-hybridized carbons (Fsp3) is 0. The van der Waals surface area contributed by atoms with Crippen molar-refractivity contribution in [2.24, 2.45) is 0 Å². The Labute approximate surface area is 132 Å². The second kappa shape index (κ2) is 5.48. The van der Waals surface area contributed by atoms with E-state index in [4.69, 9.17) is 33.0 Å². The topological polar surface area (TPSA) is 79.0 Å².